The van der Waals surface area contributed by atoms with Gasteiger partial charge in [-0.2, -0.15) is 0 Å². The van der Waals surface area contributed by atoms with Crippen molar-refractivity contribution in [2.45, 2.75) is 17.3 Å². The quantitative estimate of drug-likeness (QED) is 0.208. The largest absolute Gasteiger partial charge is 0.241 e. The zero-order valence-corrected chi connectivity index (χ0v) is 21.8. The standard InChI is InChI=1S/C33H24N2S2/c1-3-23(31-34-27-17-9-11-19-29(27)36-31)33(24(4-2)32-35-28-18-10-12-20-30(28)37-32)25-15-7-5-13-21(25)22-14-6-8-16-26(22)33/h3-20,23-24H,1-2H2. The highest BCUT2D eigenvalue weighted by Crippen LogP contribution is 2.63. The second kappa shape index (κ2) is 8.62. The van der Waals surface area contributed by atoms with Gasteiger partial charge in [0.15, 0.2) is 0 Å². The molecule has 37 heavy (non-hydrogen) atoms. The van der Waals surface area contributed by atoms with Crippen LogP contribution in [0.2, 0.25) is 0 Å². The highest BCUT2D eigenvalue weighted by Gasteiger charge is 2.54. The number of aromatic nitrogens is 2. The van der Waals surface area contributed by atoms with E-state index in [-0.39, 0.29) is 11.8 Å². The molecule has 0 fully saturated rings. The van der Waals surface area contributed by atoms with Crippen LogP contribution in [0.4, 0.5) is 0 Å². The van der Waals surface area contributed by atoms with Gasteiger partial charge in [0.1, 0.15) is 10.0 Å². The summed E-state index contributed by atoms with van der Waals surface area (Å²) in [7, 11) is 0. The molecule has 6 aromatic rings. The van der Waals surface area contributed by atoms with Crippen LogP contribution >= 0.6 is 22.7 Å². The molecule has 2 aromatic heterocycles. The van der Waals surface area contributed by atoms with Gasteiger partial charge in [-0.1, -0.05) is 84.9 Å². The third kappa shape index (κ3) is 3.16. The Morgan fingerprint density at radius 2 is 0.973 bits per heavy atom. The van der Waals surface area contributed by atoms with Gasteiger partial charge in [-0.25, -0.2) is 9.97 Å². The van der Waals surface area contributed by atoms with Gasteiger partial charge in [0.2, 0.25) is 0 Å². The molecule has 0 saturated heterocycles. The van der Waals surface area contributed by atoms with E-state index in [4.69, 9.17) is 9.97 Å². The van der Waals surface area contributed by atoms with E-state index < -0.39 is 5.41 Å². The molecule has 2 unspecified atom stereocenters. The van der Waals surface area contributed by atoms with E-state index in [2.05, 4.69) is 122 Å². The number of fused-ring (bicyclic) bond motifs is 5. The van der Waals surface area contributed by atoms with Crippen molar-refractivity contribution in [1.29, 1.82) is 0 Å². The summed E-state index contributed by atoms with van der Waals surface area (Å²) in [6.07, 6.45) is 4.20. The maximum atomic E-state index is 5.17. The van der Waals surface area contributed by atoms with Crippen LogP contribution in [-0.4, -0.2) is 9.97 Å². The topological polar surface area (TPSA) is 25.8 Å². The molecule has 2 heterocycles. The number of rotatable bonds is 6. The molecule has 4 heteroatoms. The van der Waals surface area contributed by atoms with E-state index in [0.29, 0.717) is 0 Å². The molecule has 1 aliphatic rings. The first-order chi connectivity index (χ1) is 18.3. The minimum atomic E-state index is -0.488. The molecular weight excluding hydrogens is 489 g/mol. The Hall–Kier alpha value is -3.86. The zero-order chi connectivity index (χ0) is 25.0. The predicted molar refractivity (Wildman–Crippen MR) is 158 cm³/mol. The van der Waals surface area contributed by atoms with Crippen molar-refractivity contribution in [1.82, 2.24) is 9.97 Å². The Bertz CT molecular complexity index is 1610. The van der Waals surface area contributed by atoms with Gasteiger partial charge >= 0.3 is 0 Å². The van der Waals surface area contributed by atoms with Crippen molar-refractivity contribution in [3.8, 4) is 11.1 Å². The lowest BCUT2D eigenvalue weighted by Gasteiger charge is -2.42. The Labute approximate surface area is 224 Å². The molecule has 1 aliphatic carbocycles. The van der Waals surface area contributed by atoms with Crippen LogP contribution < -0.4 is 0 Å². The number of nitrogens with zero attached hydrogens (tertiary/aromatic N) is 2. The maximum absolute atomic E-state index is 5.17. The molecule has 7 rings (SSSR count). The summed E-state index contributed by atoms with van der Waals surface area (Å²) in [5.74, 6) is -0.158. The van der Waals surface area contributed by atoms with E-state index in [1.807, 2.05) is 0 Å². The predicted octanol–water partition coefficient (Wildman–Crippen LogP) is 9.11. The molecule has 0 bridgehead atoms. The van der Waals surface area contributed by atoms with Crippen LogP contribution in [0, 0.1) is 0 Å². The van der Waals surface area contributed by atoms with E-state index >= 15 is 0 Å². The number of hydrogen-bond acceptors (Lipinski definition) is 4. The average molecular weight is 513 g/mol. The zero-order valence-electron chi connectivity index (χ0n) is 20.2. The van der Waals surface area contributed by atoms with E-state index in [0.717, 1.165) is 21.0 Å². The minimum absolute atomic E-state index is 0.0790. The summed E-state index contributed by atoms with van der Waals surface area (Å²) in [4.78, 5) is 10.3. The lowest BCUT2D eigenvalue weighted by Crippen LogP contribution is -2.38. The van der Waals surface area contributed by atoms with E-state index in [9.17, 15) is 0 Å². The van der Waals surface area contributed by atoms with Gasteiger partial charge in [-0.05, 0) is 46.5 Å². The smallest absolute Gasteiger partial charge is 0.102 e. The van der Waals surface area contributed by atoms with Crippen molar-refractivity contribution in [3.05, 3.63) is 144 Å². The molecule has 0 radical (unpaired) electrons. The Morgan fingerprint density at radius 1 is 0.568 bits per heavy atom. The van der Waals surface area contributed by atoms with Crippen LogP contribution in [0.5, 0.6) is 0 Å². The third-order valence-electron chi connectivity index (χ3n) is 7.64. The third-order valence-corrected chi connectivity index (χ3v) is 9.88. The number of thiazole rings is 2. The summed E-state index contributed by atoms with van der Waals surface area (Å²) in [6, 6.07) is 34.4. The highest BCUT2D eigenvalue weighted by molar-refractivity contribution is 7.19. The first-order valence-electron chi connectivity index (χ1n) is 12.4. The fourth-order valence-corrected chi connectivity index (χ4v) is 8.46. The molecular formula is C33H24N2S2. The summed E-state index contributed by atoms with van der Waals surface area (Å²) < 4.78 is 2.38. The van der Waals surface area contributed by atoms with Gasteiger partial charge < -0.3 is 0 Å². The normalized spacial score (nSPS) is 15.2. The molecule has 0 aliphatic heterocycles. The van der Waals surface area contributed by atoms with Gasteiger partial charge in [-0.15, -0.1) is 35.8 Å². The number of hydrogen-bond donors (Lipinski definition) is 0. The lowest BCUT2D eigenvalue weighted by molar-refractivity contribution is 0.426. The lowest BCUT2D eigenvalue weighted by atomic mass is 9.61. The number of benzene rings is 4. The van der Waals surface area contributed by atoms with E-state index in [1.54, 1.807) is 22.7 Å². The fourth-order valence-electron chi connectivity index (χ4n) is 6.18. The molecule has 4 aromatic carbocycles. The SMILES string of the molecule is C=CC(c1nc2ccccc2s1)C1(C(C=C)c2nc3ccccc3s2)c2ccccc2-c2ccccc21. The Kier molecular flexibility index (Phi) is 5.20. The highest BCUT2D eigenvalue weighted by atomic mass is 32.1. The molecule has 178 valence electrons. The van der Waals surface area contributed by atoms with Gasteiger partial charge in [0.25, 0.3) is 0 Å². The van der Waals surface area contributed by atoms with Gasteiger partial charge in [0.05, 0.1) is 20.4 Å². The fraction of sp³-hybridized carbons (Fsp3) is 0.0909. The molecule has 2 atom stereocenters. The van der Waals surface area contributed by atoms with Crippen LogP contribution in [0.25, 0.3) is 31.6 Å². The number of allylic oxidation sites excluding steroid dienone is 2. The summed E-state index contributed by atoms with van der Waals surface area (Å²) in [6.45, 7) is 8.82. The summed E-state index contributed by atoms with van der Waals surface area (Å²) in [5, 5.41) is 2.13. The average Bonchev–Trinajstić information content (AvgIpc) is 3.64. The van der Waals surface area contributed by atoms with Crippen molar-refractivity contribution >= 4 is 43.1 Å². The van der Waals surface area contributed by atoms with Crippen LogP contribution in [-0.2, 0) is 5.41 Å². The molecule has 0 saturated carbocycles. The van der Waals surface area contributed by atoms with Crippen LogP contribution in [0.15, 0.2) is 122 Å². The van der Waals surface area contributed by atoms with Gasteiger partial charge in [-0.3, -0.25) is 0 Å². The monoisotopic (exact) mass is 512 g/mol. The molecule has 2 nitrogen and oxygen atoms in total. The Morgan fingerprint density at radius 3 is 1.41 bits per heavy atom. The first kappa shape index (κ1) is 22.3. The van der Waals surface area contributed by atoms with Crippen molar-refractivity contribution in [2.75, 3.05) is 0 Å². The van der Waals surface area contributed by atoms with Crippen molar-refractivity contribution in [3.63, 3.8) is 0 Å². The molecule has 0 N–H and O–H groups in total. The minimum Gasteiger partial charge on any atom is -0.241 e. The maximum Gasteiger partial charge on any atom is 0.102 e. The molecule has 0 amide bonds. The van der Waals surface area contributed by atoms with Crippen LogP contribution in [0.1, 0.15) is 33.0 Å². The van der Waals surface area contributed by atoms with Crippen molar-refractivity contribution in [2.24, 2.45) is 0 Å². The second-order valence-electron chi connectivity index (χ2n) is 9.43. The second-order valence-corrected chi connectivity index (χ2v) is 11.6. The van der Waals surface area contributed by atoms with E-state index in [1.165, 1.54) is 31.7 Å². The Balaban J connectivity index is 1.58. The molecule has 0 spiro atoms. The van der Waals surface area contributed by atoms with Crippen molar-refractivity contribution < 1.29 is 0 Å². The summed E-state index contributed by atoms with van der Waals surface area (Å²) >= 11 is 3.52. The first-order valence-corrected chi connectivity index (χ1v) is 14.0. The van der Waals surface area contributed by atoms with Gasteiger partial charge in [0, 0.05) is 17.3 Å². The number of para-hydroxylation sites is 2. The summed E-state index contributed by atoms with van der Waals surface area (Å²) in [5.41, 5.74) is 6.66. The van der Waals surface area contributed by atoms with Crippen LogP contribution in [0.3, 0.4) is 0 Å².